The van der Waals surface area contributed by atoms with Gasteiger partial charge in [-0.3, -0.25) is 4.98 Å². The number of hydrogen-bond donors (Lipinski definition) is 1. The molecule has 0 saturated carbocycles. The molecule has 0 spiro atoms. The molecule has 2 rings (SSSR count). The van der Waals surface area contributed by atoms with Gasteiger partial charge < -0.3 is 4.42 Å². The Morgan fingerprint density at radius 3 is 2.50 bits per heavy atom. The van der Waals surface area contributed by atoms with Gasteiger partial charge in [-0.2, -0.15) is 0 Å². The van der Waals surface area contributed by atoms with Gasteiger partial charge in [-0.1, -0.05) is 23.2 Å². The van der Waals surface area contributed by atoms with Gasteiger partial charge >= 0.3 is 11.4 Å². The highest BCUT2D eigenvalue weighted by Crippen LogP contribution is 2.24. The van der Waals surface area contributed by atoms with Crippen LogP contribution in [0.2, 0.25) is 10.0 Å². The van der Waals surface area contributed by atoms with Crippen LogP contribution in [0.4, 0.5) is 0 Å². The van der Waals surface area contributed by atoms with Crippen molar-refractivity contribution in [1.82, 2.24) is 4.98 Å². The summed E-state index contributed by atoms with van der Waals surface area (Å²) in [6, 6.07) is 2.75. The molecule has 0 aliphatic rings. The smallest absolute Gasteiger partial charge is 0.372 e. The highest BCUT2D eigenvalue weighted by Gasteiger charge is 2.06. The van der Waals surface area contributed by atoms with Gasteiger partial charge in [0.05, 0.1) is 20.9 Å². The predicted octanol–water partition coefficient (Wildman–Crippen LogP) is 1.79. The molecule has 0 amide bonds. The van der Waals surface area contributed by atoms with Crippen LogP contribution in [0.15, 0.2) is 26.1 Å². The zero-order valence-corrected chi connectivity index (χ0v) is 8.15. The van der Waals surface area contributed by atoms with Crippen molar-refractivity contribution >= 4 is 34.1 Å². The van der Waals surface area contributed by atoms with Crippen LogP contribution in [0.25, 0.3) is 10.9 Å². The van der Waals surface area contributed by atoms with Gasteiger partial charge in [-0.15, -0.1) is 0 Å². The fourth-order valence-corrected chi connectivity index (χ4v) is 1.42. The molecule has 0 saturated heterocycles. The van der Waals surface area contributed by atoms with Crippen molar-refractivity contribution < 1.29 is 4.42 Å². The first-order valence-electron chi connectivity index (χ1n) is 3.60. The number of nitrogens with one attached hydrogen (secondary N) is 1. The summed E-state index contributed by atoms with van der Waals surface area (Å²) < 4.78 is 4.32. The molecule has 1 aromatic heterocycles. The van der Waals surface area contributed by atoms with E-state index in [1.807, 2.05) is 0 Å². The second-order valence-electron chi connectivity index (χ2n) is 2.61. The van der Waals surface area contributed by atoms with Crippen molar-refractivity contribution in [1.29, 1.82) is 0 Å². The molecule has 0 bridgehead atoms. The third-order valence-electron chi connectivity index (χ3n) is 1.70. The van der Waals surface area contributed by atoms with E-state index >= 15 is 0 Å². The lowest BCUT2D eigenvalue weighted by Crippen LogP contribution is -2.14. The van der Waals surface area contributed by atoms with Gasteiger partial charge in [0.1, 0.15) is 0 Å². The van der Waals surface area contributed by atoms with Gasteiger partial charge in [0.15, 0.2) is 0 Å². The van der Waals surface area contributed by atoms with Crippen molar-refractivity contribution in [2.24, 2.45) is 0 Å². The maximum absolute atomic E-state index is 11.2. The van der Waals surface area contributed by atoms with Crippen LogP contribution >= 0.6 is 23.2 Å². The topological polar surface area (TPSA) is 63.1 Å². The van der Waals surface area contributed by atoms with E-state index < -0.39 is 11.4 Å². The van der Waals surface area contributed by atoms with E-state index in [4.69, 9.17) is 23.2 Å². The zero-order chi connectivity index (χ0) is 10.3. The lowest BCUT2D eigenvalue weighted by molar-refractivity contribution is 0.460. The molecular weight excluding hydrogens is 229 g/mol. The molecule has 0 fully saturated rings. The first-order chi connectivity index (χ1) is 6.58. The molecule has 0 radical (unpaired) electrons. The van der Waals surface area contributed by atoms with E-state index in [-0.39, 0.29) is 15.4 Å². The molecule has 4 nitrogen and oxygen atoms in total. The third-order valence-corrected chi connectivity index (χ3v) is 2.42. The molecule has 1 N–H and O–H groups in total. The highest BCUT2D eigenvalue weighted by molar-refractivity contribution is 6.42. The largest absolute Gasteiger partial charge is 0.419 e. The molecule has 0 aliphatic heterocycles. The van der Waals surface area contributed by atoms with E-state index in [0.717, 1.165) is 0 Å². The first kappa shape index (κ1) is 9.30. The van der Waals surface area contributed by atoms with E-state index in [1.54, 1.807) is 0 Å². The van der Waals surface area contributed by atoms with Crippen LogP contribution in [0.5, 0.6) is 0 Å². The van der Waals surface area contributed by atoms with Gasteiger partial charge in [0.2, 0.25) is 0 Å². The summed E-state index contributed by atoms with van der Waals surface area (Å²) in [5, 5.41) is 0.693. The lowest BCUT2D eigenvalue weighted by Gasteiger charge is -1.97. The van der Waals surface area contributed by atoms with E-state index in [1.165, 1.54) is 12.1 Å². The Hall–Kier alpha value is -1.26. The molecule has 14 heavy (non-hydrogen) atoms. The van der Waals surface area contributed by atoms with Gasteiger partial charge in [-0.05, 0) is 12.1 Å². The van der Waals surface area contributed by atoms with Crippen LogP contribution in [0, 0.1) is 0 Å². The molecule has 2 aromatic rings. The van der Waals surface area contributed by atoms with Gasteiger partial charge in [-0.25, -0.2) is 9.59 Å². The molecule has 6 heteroatoms. The number of halogens is 2. The van der Waals surface area contributed by atoms with Gasteiger partial charge in [0.25, 0.3) is 0 Å². The van der Waals surface area contributed by atoms with Crippen molar-refractivity contribution in [2.45, 2.75) is 0 Å². The number of benzene rings is 1. The van der Waals surface area contributed by atoms with Crippen molar-refractivity contribution in [2.75, 3.05) is 0 Å². The summed E-state index contributed by atoms with van der Waals surface area (Å²) in [5.41, 5.74) is -0.428. The summed E-state index contributed by atoms with van der Waals surface area (Å²) in [4.78, 5) is 24.3. The normalized spacial score (nSPS) is 10.7. The Morgan fingerprint density at radius 2 is 1.79 bits per heavy atom. The van der Waals surface area contributed by atoms with Crippen LogP contribution in [-0.2, 0) is 0 Å². The summed E-state index contributed by atoms with van der Waals surface area (Å²) in [7, 11) is 0. The van der Waals surface area contributed by atoms with Crippen LogP contribution < -0.4 is 11.4 Å². The molecule has 1 heterocycles. The molecule has 0 atom stereocenters. The van der Waals surface area contributed by atoms with Gasteiger partial charge in [0, 0.05) is 0 Å². The quantitative estimate of drug-likeness (QED) is 0.752. The Kier molecular flexibility index (Phi) is 2.09. The average molecular weight is 232 g/mol. The van der Waals surface area contributed by atoms with Crippen molar-refractivity contribution in [3.05, 3.63) is 43.1 Å². The minimum atomic E-state index is -0.819. The molecule has 1 aromatic carbocycles. The molecule has 0 aliphatic carbocycles. The zero-order valence-electron chi connectivity index (χ0n) is 6.64. The number of fused-ring (bicyclic) bond motifs is 1. The van der Waals surface area contributed by atoms with E-state index in [0.29, 0.717) is 5.52 Å². The molecule has 0 unspecified atom stereocenters. The van der Waals surface area contributed by atoms with E-state index in [9.17, 15) is 9.59 Å². The Bertz CT molecular complexity index is 614. The first-order valence-corrected chi connectivity index (χ1v) is 4.36. The fourth-order valence-electron chi connectivity index (χ4n) is 1.09. The number of aromatic amines is 1. The maximum Gasteiger partial charge on any atom is 0.419 e. The standard InChI is InChI=1S/C8H3Cl2NO3/c9-4-1-3-6(2-5(4)10)11-8(13)14-7(3)12/h1-2H,(H,11,13). The maximum atomic E-state index is 11.2. The highest BCUT2D eigenvalue weighted by atomic mass is 35.5. The Balaban J connectivity index is 3.03. The number of aromatic nitrogens is 1. The summed E-state index contributed by atoms with van der Waals surface area (Å²) in [6.45, 7) is 0. The van der Waals surface area contributed by atoms with Crippen LogP contribution in [-0.4, -0.2) is 4.98 Å². The molecule has 72 valence electrons. The average Bonchev–Trinajstić information content (AvgIpc) is 2.08. The van der Waals surface area contributed by atoms with Crippen molar-refractivity contribution in [3.8, 4) is 0 Å². The second-order valence-corrected chi connectivity index (χ2v) is 3.43. The molecular formula is C8H3Cl2NO3. The Morgan fingerprint density at radius 1 is 1.14 bits per heavy atom. The van der Waals surface area contributed by atoms with Crippen LogP contribution in [0.1, 0.15) is 0 Å². The lowest BCUT2D eigenvalue weighted by atomic mass is 10.2. The Labute approximate surface area is 87.1 Å². The summed E-state index contributed by atoms with van der Waals surface area (Å²) in [6.07, 6.45) is 0. The van der Waals surface area contributed by atoms with E-state index in [2.05, 4.69) is 9.40 Å². The van der Waals surface area contributed by atoms with Crippen LogP contribution in [0.3, 0.4) is 0 Å². The minimum absolute atomic E-state index is 0.194. The third kappa shape index (κ3) is 1.42. The minimum Gasteiger partial charge on any atom is -0.372 e. The number of H-pyrrole nitrogens is 1. The predicted molar refractivity (Wildman–Crippen MR) is 53.1 cm³/mol. The SMILES string of the molecule is O=c1[nH]c2cc(Cl)c(Cl)cc2c(=O)o1. The summed E-state index contributed by atoms with van der Waals surface area (Å²) in [5.74, 6) is -0.819. The second kappa shape index (κ2) is 3.15. The summed E-state index contributed by atoms with van der Waals surface area (Å²) >= 11 is 11.4. The fraction of sp³-hybridized carbons (Fsp3) is 0. The number of rotatable bonds is 0. The number of hydrogen-bond acceptors (Lipinski definition) is 3. The van der Waals surface area contributed by atoms with Crippen molar-refractivity contribution in [3.63, 3.8) is 0 Å². The monoisotopic (exact) mass is 231 g/mol.